The first kappa shape index (κ1) is 59.5. The molecule has 0 aliphatic carbocycles. The minimum Gasteiger partial charge on any atom is -0.418 e. The Kier molecular flexibility index (Phi) is 36.7. The van der Waals surface area contributed by atoms with Crippen molar-refractivity contribution in [2.24, 2.45) is 0 Å². The quantitative estimate of drug-likeness (QED) is 0.173. The van der Waals surface area contributed by atoms with Crippen LogP contribution in [0.4, 0.5) is 34.5 Å². The maximum atomic E-state index is 9.75. The number of halogens is 8. The normalized spacial score (nSPS) is 15.6. The van der Waals surface area contributed by atoms with Crippen molar-refractivity contribution in [3.05, 3.63) is 71.8 Å². The van der Waals surface area contributed by atoms with E-state index in [1.54, 1.807) is 24.3 Å². The van der Waals surface area contributed by atoms with E-state index in [1.165, 1.54) is 64.0 Å². The van der Waals surface area contributed by atoms with Gasteiger partial charge in [-0.05, 0) is 52.7 Å². The molecule has 1 aliphatic rings. The molecule has 1 heterocycles. The van der Waals surface area contributed by atoms with E-state index in [2.05, 4.69) is 112 Å². The Hall–Kier alpha value is -2.74. The van der Waals surface area contributed by atoms with Crippen LogP contribution in [0.2, 0.25) is 0 Å². The van der Waals surface area contributed by atoms with Crippen LogP contribution >= 0.6 is 15.8 Å². The van der Waals surface area contributed by atoms with Crippen LogP contribution in [0.5, 0.6) is 0 Å². The van der Waals surface area contributed by atoms with Gasteiger partial charge in [0, 0.05) is 56.6 Å². The molecule has 0 amide bonds. The van der Waals surface area contributed by atoms with Gasteiger partial charge in [-0.1, -0.05) is 60.7 Å². The molecule has 1 radical (unpaired) electrons. The predicted octanol–water partition coefficient (Wildman–Crippen LogP) is 11.6. The molecule has 1 saturated heterocycles. The van der Waals surface area contributed by atoms with Crippen molar-refractivity contribution in [2.75, 3.05) is 25.1 Å². The first-order valence-corrected chi connectivity index (χ1v) is 19.8. The maximum absolute atomic E-state index is 9.75. The molecule has 299 valence electrons. The second-order valence-corrected chi connectivity index (χ2v) is 19.5. The van der Waals surface area contributed by atoms with Crippen LogP contribution in [0.15, 0.2) is 60.7 Å². The predicted molar refractivity (Wildman–Crippen MR) is 205 cm³/mol. The molecule has 0 saturated carbocycles. The summed E-state index contributed by atoms with van der Waals surface area (Å²) < 4.78 is 78.0. The largest absolute Gasteiger partial charge is 2.00 e. The van der Waals surface area contributed by atoms with E-state index in [0.717, 1.165) is 13.1 Å². The van der Waals surface area contributed by atoms with Crippen molar-refractivity contribution in [1.82, 2.24) is 9.80 Å². The molecule has 0 bridgehead atoms. The zero-order chi connectivity index (χ0) is 41.6. The van der Waals surface area contributed by atoms with E-state index in [-0.39, 0.29) is 16.8 Å². The van der Waals surface area contributed by atoms with Crippen molar-refractivity contribution in [2.45, 2.75) is 92.6 Å². The summed E-state index contributed by atoms with van der Waals surface area (Å²) in [4.78, 5) is 5.66. The number of nitrogens with zero attached hydrogens (tertiary/aromatic N) is 6. The van der Waals surface area contributed by atoms with E-state index in [1.807, 2.05) is 0 Å². The van der Waals surface area contributed by atoms with Gasteiger partial charge in [0.15, 0.2) is 0 Å². The fraction of sp³-hybridized carbons (Fsp3) is 0.529. The number of nitriles is 4. The van der Waals surface area contributed by atoms with Crippen molar-refractivity contribution in [3.63, 3.8) is 0 Å². The third-order valence-corrected chi connectivity index (χ3v) is 13.8. The molecule has 0 spiro atoms. The van der Waals surface area contributed by atoms with Crippen LogP contribution in [0.3, 0.4) is 0 Å². The van der Waals surface area contributed by atoms with Gasteiger partial charge >= 0.3 is 31.3 Å². The molecule has 53 heavy (non-hydrogen) atoms. The molecule has 1 fully saturated rings. The Labute approximate surface area is 325 Å². The maximum Gasteiger partial charge on any atom is 2.00 e. The summed E-state index contributed by atoms with van der Waals surface area (Å²) in [5.41, 5.74) is 2.93. The first-order valence-electron chi connectivity index (χ1n) is 16.0. The third kappa shape index (κ3) is 45.3. The summed E-state index contributed by atoms with van der Waals surface area (Å²) >= 11 is 0. The number of benzene rings is 2. The van der Waals surface area contributed by atoms with Gasteiger partial charge in [-0.25, -0.2) is 9.80 Å². The molecule has 3 rings (SSSR count). The first-order chi connectivity index (χ1) is 23.8. The molecule has 19 heteroatoms. The molecule has 0 aromatic heterocycles. The number of hydrogen-bond donors (Lipinski definition) is 0. The average Bonchev–Trinajstić information content (AvgIpc) is 2.95. The Balaban J connectivity index is -0.000000275. The summed E-state index contributed by atoms with van der Waals surface area (Å²) in [6.07, 6.45) is 5.16. The molecule has 2 aromatic rings. The van der Waals surface area contributed by atoms with Gasteiger partial charge in [-0.15, -0.1) is 0 Å². The molecular weight excluding hydrogens is 787 g/mol. The Morgan fingerprint density at radius 2 is 0.679 bits per heavy atom. The molecule has 0 N–H and O–H groups in total. The molecular formula is C34H54B2CoF8N6P2+2. The van der Waals surface area contributed by atoms with E-state index in [0.29, 0.717) is 10.3 Å². The minimum atomic E-state index is -6.00. The van der Waals surface area contributed by atoms with Gasteiger partial charge in [-0.2, -0.15) is 21.0 Å². The van der Waals surface area contributed by atoms with Crippen LogP contribution in [-0.4, -0.2) is 59.8 Å². The van der Waals surface area contributed by atoms with Crippen LogP contribution < -0.4 is 0 Å². The minimum absolute atomic E-state index is 0. The fourth-order valence-corrected chi connectivity index (χ4v) is 9.75. The zero-order valence-electron chi connectivity index (χ0n) is 32.2. The molecule has 0 unspecified atom stereocenters. The standard InChI is InChI=1S/C26H40N2P2.4C2H3N.2BF4.Co/c1-25(2,3)29-19-27(17-23-13-9-7-10-14-23)21-30(26(4,5)6)22-28(20-29)18-24-15-11-8-12-16-24;4*1-2-3;2*2-1(3,4)5;/h7-16H,17-22H2,1-6H3;4*1H3;;;/q;;;;;2*-1;+2/p+2. The topological polar surface area (TPSA) is 102 Å². The van der Waals surface area contributed by atoms with Crippen molar-refractivity contribution >= 4 is 30.4 Å². The van der Waals surface area contributed by atoms with Gasteiger partial charge in [-0.3, -0.25) is 0 Å². The average molecular weight is 841 g/mol. The van der Waals surface area contributed by atoms with Crippen LogP contribution in [0.1, 0.15) is 80.4 Å². The number of rotatable bonds is 4. The summed E-state index contributed by atoms with van der Waals surface area (Å²) in [5, 5.41) is 30.1. The summed E-state index contributed by atoms with van der Waals surface area (Å²) in [6, 6.07) is 29.2. The molecule has 0 atom stereocenters. The summed E-state index contributed by atoms with van der Waals surface area (Å²) in [5.74, 6) is 0. The van der Waals surface area contributed by atoms with Gasteiger partial charge in [0.2, 0.25) is 0 Å². The van der Waals surface area contributed by atoms with Crippen molar-refractivity contribution < 1.29 is 51.3 Å². The Bertz CT molecular complexity index is 1190. The van der Waals surface area contributed by atoms with E-state index in [9.17, 15) is 34.5 Å². The second-order valence-electron chi connectivity index (χ2n) is 12.9. The molecule has 2 aromatic carbocycles. The third-order valence-electron chi connectivity index (χ3n) is 6.28. The zero-order valence-corrected chi connectivity index (χ0v) is 35.3. The van der Waals surface area contributed by atoms with Gasteiger partial charge < -0.3 is 34.5 Å². The summed E-state index contributed by atoms with van der Waals surface area (Å²) in [6.45, 7) is 22.8. The van der Waals surface area contributed by atoms with Crippen LogP contribution in [0.25, 0.3) is 0 Å². The SMILES string of the molecule is CC#N.CC#N.CC#N.CC#N.CC(C)(C)[PH+]1CN(Cc2ccccc2)C[PH+](C(C)(C)C)CN(Cc2ccccc2)C1.F[B-](F)(F)F.F[B-](F)(F)F.[Co+2]. The van der Waals surface area contributed by atoms with E-state index in [4.69, 9.17) is 21.0 Å². The molecule has 6 nitrogen and oxygen atoms in total. The van der Waals surface area contributed by atoms with Gasteiger partial charge in [0.25, 0.3) is 0 Å². The Morgan fingerprint density at radius 3 is 0.830 bits per heavy atom. The number of hydrogen-bond acceptors (Lipinski definition) is 6. The Morgan fingerprint density at radius 1 is 0.509 bits per heavy atom. The summed E-state index contributed by atoms with van der Waals surface area (Å²) in [7, 11) is -13.1. The monoisotopic (exact) mass is 841 g/mol. The van der Waals surface area contributed by atoms with Crippen LogP contribution in [-0.2, 0) is 29.9 Å². The molecule has 1 aliphatic heterocycles. The smallest absolute Gasteiger partial charge is 0.418 e. The van der Waals surface area contributed by atoms with E-state index < -0.39 is 30.4 Å². The van der Waals surface area contributed by atoms with Crippen LogP contribution in [0, 0.1) is 45.3 Å². The second kappa shape index (κ2) is 32.7. The van der Waals surface area contributed by atoms with Gasteiger partial charge in [0.1, 0.15) is 25.1 Å². The van der Waals surface area contributed by atoms with Crippen molar-refractivity contribution in [1.29, 1.82) is 21.0 Å². The van der Waals surface area contributed by atoms with E-state index >= 15 is 0 Å². The van der Waals surface area contributed by atoms with Gasteiger partial charge in [0.05, 0.1) is 34.6 Å². The fourth-order valence-electron chi connectivity index (χ4n) is 4.15. The van der Waals surface area contributed by atoms with Crippen molar-refractivity contribution in [3.8, 4) is 24.3 Å².